The van der Waals surface area contributed by atoms with Crippen molar-refractivity contribution < 1.29 is 9.18 Å². The molecule has 4 nitrogen and oxygen atoms in total. The minimum atomic E-state index is -0.419. The number of carbonyl (C=O) groups excluding carboxylic acids is 1. The van der Waals surface area contributed by atoms with E-state index in [2.05, 4.69) is 28.5 Å². The van der Waals surface area contributed by atoms with Crippen molar-refractivity contribution in [1.29, 1.82) is 0 Å². The van der Waals surface area contributed by atoms with E-state index >= 15 is 0 Å². The molecule has 0 heterocycles. The molecule has 0 aromatic carbocycles. The summed E-state index contributed by atoms with van der Waals surface area (Å²) >= 11 is 0. The number of nitrogens with zero attached hydrogens (tertiary/aromatic N) is 2. The molecule has 0 fully saturated rings. The molecule has 0 unspecified atom stereocenters. The zero-order chi connectivity index (χ0) is 19.4. The average molecular weight is 355 g/mol. The SMILES string of the molecule is C=CCC/N=C1/C=CC(C(=O)NC/C(C)=C/C=C(/F)C=C)=C/C1=N/CC. The van der Waals surface area contributed by atoms with Gasteiger partial charge in [0.1, 0.15) is 5.83 Å². The van der Waals surface area contributed by atoms with E-state index in [-0.39, 0.29) is 5.91 Å². The largest absolute Gasteiger partial charge is 0.348 e. The number of aliphatic imine (C=N–C) groups is 2. The van der Waals surface area contributed by atoms with Crippen molar-refractivity contribution in [3.63, 3.8) is 0 Å². The van der Waals surface area contributed by atoms with Crippen LogP contribution in [0.2, 0.25) is 0 Å². The van der Waals surface area contributed by atoms with E-state index in [1.54, 1.807) is 24.3 Å². The number of halogens is 1. The van der Waals surface area contributed by atoms with Gasteiger partial charge < -0.3 is 5.32 Å². The Morgan fingerprint density at radius 2 is 2.00 bits per heavy atom. The number of amides is 1. The molecular weight excluding hydrogens is 329 g/mol. The van der Waals surface area contributed by atoms with E-state index in [0.29, 0.717) is 30.9 Å². The smallest absolute Gasteiger partial charge is 0.251 e. The predicted octanol–water partition coefficient (Wildman–Crippen LogP) is 4.06. The van der Waals surface area contributed by atoms with Crippen LogP contribution in [0.1, 0.15) is 20.3 Å². The van der Waals surface area contributed by atoms with Crippen molar-refractivity contribution in [2.45, 2.75) is 20.3 Å². The molecule has 1 aliphatic rings. The Balaban J connectivity index is 2.78. The molecule has 0 aromatic heterocycles. The monoisotopic (exact) mass is 355 g/mol. The van der Waals surface area contributed by atoms with Crippen molar-refractivity contribution in [1.82, 2.24) is 5.32 Å². The summed E-state index contributed by atoms with van der Waals surface area (Å²) in [5.41, 5.74) is 2.81. The molecule has 1 aliphatic carbocycles. The number of hydrogen-bond donors (Lipinski definition) is 1. The summed E-state index contributed by atoms with van der Waals surface area (Å²) in [4.78, 5) is 21.2. The molecule has 1 amide bonds. The van der Waals surface area contributed by atoms with Crippen molar-refractivity contribution in [2.24, 2.45) is 9.98 Å². The maximum absolute atomic E-state index is 13.0. The highest BCUT2D eigenvalue weighted by atomic mass is 19.1. The predicted molar refractivity (Wildman–Crippen MR) is 108 cm³/mol. The van der Waals surface area contributed by atoms with E-state index < -0.39 is 5.83 Å². The van der Waals surface area contributed by atoms with Crippen LogP contribution in [0.4, 0.5) is 4.39 Å². The fraction of sp³-hybridized carbons (Fsp3) is 0.286. The Hall–Kier alpha value is -2.82. The Labute approximate surface area is 155 Å². The maximum Gasteiger partial charge on any atom is 0.251 e. The highest BCUT2D eigenvalue weighted by molar-refractivity contribution is 6.52. The van der Waals surface area contributed by atoms with Gasteiger partial charge >= 0.3 is 0 Å². The molecule has 0 saturated heterocycles. The van der Waals surface area contributed by atoms with E-state index in [0.717, 1.165) is 23.8 Å². The van der Waals surface area contributed by atoms with Crippen LogP contribution in [0.3, 0.4) is 0 Å². The number of nitrogens with one attached hydrogen (secondary N) is 1. The fourth-order valence-electron chi connectivity index (χ4n) is 2.04. The summed E-state index contributed by atoms with van der Waals surface area (Å²) < 4.78 is 13.0. The van der Waals surface area contributed by atoms with Gasteiger partial charge in [-0.1, -0.05) is 24.3 Å². The van der Waals surface area contributed by atoms with Crippen molar-refractivity contribution in [3.05, 3.63) is 72.7 Å². The minimum Gasteiger partial charge on any atom is -0.348 e. The van der Waals surface area contributed by atoms with Crippen LogP contribution >= 0.6 is 0 Å². The number of hydrogen-bond acceptors (Lipinski definition) is 3. The van der Waals surface area contributed by atoms with Crippen LogP contribution in [0.5, 0.6) is 0 Å². The second kappa shape index (κ2) is 11.7. The lowest BCUT2D eigenvalue weighted by atomic mass is 10.0. The van der Waals surface area contributed by atoms with Crippen molar-refractivity contribution >= 4 is 17.3 Å². The van der Waals surface area contributed by atoms with E-state index in [1.165, 1.54) is 6.08 Å². The molecule has 138 valence electrons. The van der Waals surface area contributed by atoms with Crippen LogP contribution < -0.4 is 5.32 Å². The maximum atomic E-state index is 13.0. The molecule has 1 N–H and O–H groups in total. The molecule has 26 heavy (non-hydrogen) atoms. The van der Waals surface area contributed by atoms with Crippen LogP contribution in [0, 0.1) is 0 Å². The molecule has 1 rings (SSSR count). The third-order valence-electron chi connectivity index (χ3n) is 3.43. The molecule has 0 saturated carbocycles. The van der Waals surface area contributed by atoms with Gasteiger partial charge in [0.15, 0.2) is 0 Å². The Morgan fingerprint density at radius 3 is 2.65 bits per heavy atom. The lowest BCUT2D eigenvalue weighted by Crippen LogP contribution is -2.28. The van der Waals surface area contributed by atoms with E-state index in [9.17, 15) is 9.18 Å². The van der Waals surface area contributed by atoms with Gasteiger partial charge in [0.05, 0.1) is 11.4 Å². The third-order valence-corrected chi connectivity index (χ3v) is 3.43. The lowest BCUT2D eigenvalue weighted by Gasteiger charge is -2.12. The zero-order valence-corrected chi connectivity index (χ0v) is 15.5. The number of carbonyl (C=O) groups is 1. The standard InChI is InChI=1S/C21H26FN3O/c1-5-8-13-24-19-12-10-17(14-20(19)23-7-3)21(26)25-15-16(4)9-11-18(22)6-2/h5-6,9-12,14H,1-2,7-8,13,15H2,3-4H3,(H,25,26)/b16-9+,18-11+,23-20-,24-19-. The van der Waals surface area contributed by atoms with Gasteiger partial charge in [0, 0.05) is 25.2 Å². The van der Waals surface area contributed by atoms with Crippen molar-refractivity contribution in [3.8, 4) is 0 Å². The quantitative estimate of drug-likeness (QED) is 0.288. The summed E-state index contributed by atoms with van der Waals surface area (Å²) in [5, 5.41) is 2.81. The highest BCUT2D eigenvalue weighted by Crippen LogP contribution is 2.09. The molecule has 0 aliphatic heterocycles. The van der Waals surface area contributed by atoms with E-state index in [1.807, 2.05) is 19.9 Å². The Bertz CT molecular complexity index is 722. The zero-order valence-electron chi connectivity index (χ0n) is 15.5. The summed E-state index contributed by atoms with van der Waals surface area (Å²) in [6.07, 6.45) is 11.9. The Kier molecular flexibility index (Phi) is 9.54. The highest BCUT2D eigenvalue weighted by Gasteiger charge is 2.14. The lowest BCUT2D eigenvalue weighted by molar-refractivity contribution is -0.117. The van der Waals surface area contributed by atoms with Gasteiger partial charge in [-0.25, -0.2) is 4.39 Å². The molecule has 0 aromatic rings. The minimum absolute atomic E-state index is 0.212. The van der Waals surface area contributed by atoms with Crippen LogP contribution in [0.25, 0.3) is 0 Å². The van der Waals surface area contributed by atoms with Crippen LogP contribution in [-0.2, 0) is 4.79 Å². The first-order chi connectivity index (χ1) is 12.5. The second-order valence-electron chi connectivity index (χ2n) is 5.59. The molecule has 5 heteroatoms. The summed E-state index contributed by atoms with van der Waals surface area (Å²) in [7, 11) is 0. The first-order valence-corrected chi connectivity index (χ1v) is 8.55. The van der Waals surface area contributed by atoms with Gasteiger partial charge in [-0.15, -0.1) is 6.58 Å². The number of allylic oxidation sites excluding steroid dienone is 6. The summed E-state index contributed by atoms with van der Waals surface area (Å²) in [6.45, 7) is 12.3. The van der Waals surface area contributed by atoms with Gasteiger partial charge in [-0.3, -0.25) is 14.8 Å². The second-order valence-corrected chi connectivity index (χ2v) is 5.59. The van der Waals surface area contributed by atoms with Crippen molar-refractivity contribution in [2.75, 3.05) is 19.6 Å². The van der Waals surface area contributed by atoms with Gasteiger partial charge in [-0.2, -0.15) is 0 Å². The first-order valence-electron chi connectivity index (χ1n) is 8.55. The van der Waals surface area contributed by atoms with Crippen LogP contribution in [0.15, 0.2) is 82.6 Å². The summed E-state index contributed by atoms with van der Waals surface area (Å²) in [6, 6.07) is 0. The molecular formula is C21H26FN3O. The third kappa shape index (κ3) is 7.38. The molecule has 0 atom stereocenters. The fourth-order valence-corrected chi connectivity index (χ4v) is 2.04. The first kappa shape index (κ1) is 21.2. The van der Waals surface area contributed by atoms with Gasteiger partial charge in [-0.05, 0) is 50.6 Å². The molecule has 0 radical (unpaired) electrons. The normalized spacial score (nSPS) is 18.0. The topological polar surface area (TPSA) is 53.8 Å². The average Bonchev–Trinajstić information content (AvgIpc) is 2.65. The van der Waals surface area contributed by atoms with Gasteiger partial charge in [0.2, 0.25) is 0 Å². The van der Waals surface area contributed by atoms with Gasteiger partial charge in [0.25, 0.3) is 5.91 Å². The molecule has 0 spiro atoms. The summed E-state index contributed by atoms with van der Waals surface area (Å²) in [5.74, 6) is -0.631. The van der Waals surface area contributed by atoms with E-state index in [4.69, 9.17) is 0 Å². The number of rotatable bonds is 9. The molecule has 0 bridgehead atoms. The Morgan fingerprint density at radius 1 is 1.23 bits per heavy atom. The van der Waals surface area contributed by atoms with Crippen LogP contribution in [-0.4, -0.2) is 37.0 Å².